The second-order valence-corrected chi connectivity index (χ2v) is 13.4. The number of methoxy groups -OCH3 is 1. The molecule has 0 amide bonds. The summed E-state index contributed by atoms with van der Waals surface area (Å²) >= 11 is 6.21. The summed E-state index contributed by atoms with van der Waals surface area (Å²) in [6.07, 6.45) is 8.72. The van der Waals surface area contributed by atoms with Gasteiger partial charge >= 0.3 is 5.97 Å². The number of allylic oxidation sites excluding steroid dienone is 1. The van der Waals surface area contributed by atoms with Crippen molar-refractivity contribution in [3.8, 4) is 11.5 Å². The van der Waals surface area contributed by atoms with Gasteiger partial charge in [-0.05, 0) is 128 Å². The smallest absolute Gasteiger partial charge is 0.341 e. The Morgan fingerprint density at radius 3 is 2.58 bits per heavy atom. The largest absolute Gasteiger partial charge is 0.465 e. The van der Waals surface area contributed by atoms with Gasteiger partial charge in [-0.1, -0.05) is 49.2 Å². The molecule has 3 aromatic carbocycles. The number of ether oxygens (including phenoxy) is 2. The third kappa shape index (κ3) is 7.00. The fourth-order valence-electron chi connectivity index (χ4n) is 6.69. The van der Waals surface area contributed by atoms with E-state index in [9.17, 15) is 4.79 Å². The number of likely N-dealkylation sites (tertiary alicyclic amines) is 1. The number of carbonyl (C=O) groups is 1. The molecule has 0 bridgehead atoms. The number of nitrogens with zero attached hydrogens (tertiary/aromatic N) is 1. The molecule has 43 heavy (non-hydrogen) atoms. The van der Waals surface area contributed by atoms with E-state index in [1.54, 1.807) is 5.57 Å². The number of hydrogen-bond acceptors (Lipinski definition) is 4. The van der Waals surface area contributed by atoms with Crippen LogP contribution in [0.4, 0.5) is 0 Å². The average molecular weight is 597 g/mol. The van der Waals surface area contributed by atoms with Crippen LogP contribution in [0.3, 0.4) is 0 Å². The van der Waals surface area contributed by atoms with Crippen molar-refractivity contribution in [2.75, 3.05) is 26.7 Å². The first-order chi connectivity index (χ1) is 20.8. The van der Waals surface area contributed by atoms with Crippen molar-refractivity contribution < 1.29 is 14.3 Å². The van der Waals surface area contributed by atoms with Crippen molar-refractivity contribution in [1.29, 1.82) is 0 Å². The highest BCUT2D eigenvalue weighted by molar-refractivity contribution is 6.30. The molecule has 0 unspecified atom stereocenters. The average Bonchev–Trinajstić information content (AvgIpc) is 3.47. The Kier molecular flexibility index (Phi) is 8.65. The fourth-order valence-corrected chi connectivity index (χ4v) is 6.82. The van der Waals surface area contributed by atoms with Gasteiger partial charge in [-0.2, -0.15) is 0 Å². The molecule has 4 aromatic rings. The number of aromatic nitrogens is 1. The van der Waals surface area contributed by atoms with Crippen molar-refractivity contribution in [3.63, 3.8) is 0 Å². The molecular weight excluding hydrogens is 556 g/mol. The minimum Gasteiger partial charge on any atom is -0.465 e. The summed E-state index contributed by atoms with van der Waals surface area (Å²) in [6, 6.07) is 22.2. The monoisotopic (exact) mass is 596 g/mol. The third-order valence-corrected chi connectivity index (χ3v) is 9.48. The molecule has 0 atom stereocenters. The Balaban J connectivity index is 1.12. The Labute approximate surface area is 259 Å². The molecule has 6 heteroatoms. The van der Waals surface area contributed by atoms with E-state index in [0.29, 0.717) is 28.4 Å². The maximum Gasteiger partial charge on any atom is 0.341 e. The molecule has 224 valence electrons. The number of aromatic amines is 1. The van der Waals surface area contributed by atoms with Crippen LogP contribution < -0.4 is 4.74 Å². The lowest BCUT2D eigenvalue weighted by Gasteiger charge is -2.37. The van der Waals surface area contributed by atoms with Gasteiger partial charge in [0.05, 0.1) is 7.11 Å². The van der Waals surface area contributed by atoms with Crippen LogP contribution in [0.25, 0.3) is 16.5 Å². The normalized spacial score (nSPS) is 17.8. The number of H-pyrrole nitrogens is 1. The summed E-state index contributed by atoms with van der Waals surface area (Å²) in [4.78, 5) is 18.4. The molecular formula is C37H41ClN2O3. The summed E-state index contributed by atoms with van der Waals surface area (Å²) in [5.41, 5.74) is 7.43. The van der Waals surface area contributed by atoms with Crippen molar-refractivity contribution in [2.24, 2.45) is 11.3 Å². The number of nitrogens with one attached hydrogen (secondary N) is 1. The van der Waals surface area contributed by atoms with Crippen molar-refractivity contribution in [3.05, 3.63) is 100 Å². The van der Waals surface area contributed by atoms with Crippen molar-refractivity contribution >= 4 is 34.0 Å². The van der Waals surface area contributed by atoms with Crippen LogP contribution in [-0.2, 0) is 11.2 Å². The zero-order valence-electron chi connectivity index (χ0n) is 25.4. The predicted octanol–water partition coefficient (Wildman–Crippen LogP) is 9.32. The molecule has 1 aliphatic carbocycles. The standard InChI is InChI=1S/C37H41ClN2O3/c1-37(2)16-12-29(33(23-37)27-5-7-30(38)8-6-27)24-40-18-14-25(15-19-40)20-26-4-10-32(36(41)42-3)35(21-26)43-31-9-11-34-28(22-31)13-17-39-34/h4-11,13,17,21-22,25,39H,12,14-16,18-20,23-24H2,1-3H3. The lowest BCUT2D eigenvalue weighted by atomic mass is 9.72. The SMILES string of the molecule is COC(=O)c1ccc(CC2CCN(CC3=C(c4ccc(Cl)cc4)CC(C)(C)CC3)CC2)cc1Oc1ccc2[nH]ccc2c1. The van der Waals surface area contributed by atoms with Gasteiger partial charge in [0.25, 0.3) is 0 Å². The van der Waals surface area contributed by atoms with Gasteiger partial charge in [0.1, 0.15) is 17.1 Å². The van der Waals surface area contributed by atoms with Gasteiger partial charge < -0.3 is 14.5 Å². The Bertz CT molecular complexity index is 1630. The number of hydrogen-bond donors (Lipinski definition) is 1. The van der Waals surface area contributed by atoms with Gasteiger partial charge in [-0.3, -0.25) is 4.90 Å². The number of piperidine rings is 1. The zero-order valence-corrected chi connectivity index (χ0v) is 26.2. The van der Waals surface area contributed by atoms with Crippen LogP contribution in [0.5, 0.6) is 11.5 Å². The number of benzene rings is 3. The van der Waals surface area contributed by atoms with Crippen LogP contribution in [0.15, 0.2) is 78.5 Å². The minimum atomic E-state index is -0.393. The Morgan fingerprint density at radius 2 is 1.81 bits per heavy atom. The predicted molar refractivity (Wildman–Crippen MR) is 175 cm³/mol. The quantitative estimate of drug-likeness (QED) is 0.206. The number of halogens is 1. The summed E-state index contributed by atoms with van der Waals surface area (Å²) in [5, 5.41) is 1.85. The summed E-state index contributed by atoms with van der Waals surface area (Å²) in [5.74, 6) is 1.44. The van der Waals surface area contributed by atoms with Crippen molar-refractivity contribution in [1.82, 2.24) is 9.88 Å². The van der Waals surface area contributed by atoms with E-state index in [1.807, 2.05) is 60.8 Å². The minimum absolute atomic E-state index is 0.326. The fraction of sp³-hybridized carbons (Fsp3) is 0.378. The van der Waals surface area contributed by atoms with E-state index in [0.717, 1.165) is 67.7 Å². The molecule has 1 N–H and O–H groups in total. The third-order valence-electron chi connectivity index (χ3n) is 9.23. The summed E-state index contributed by atoms with van der Waals surface area (Å²) in [7, 11) is 1.41. The van der Waals surface area contributed by atoms with Crippen LogP contribution in [0.1, 0.15) is 67.4 Å². The molecule has 2 heterocycles. The van der Waals surface area contributed by atoms with E-state index < -0.39 is 5.97 Å². The molecule has 0 saturated carbocycles. The van der Waals surface area contributed by atoms with Gasteiger partial charge in [0.15, 0.2) is 0 Å². The lowest BCUT2D eigenvalue weighted by molar-refractivity contribution is 0.0598. The van der Waals surface area contributed by atoms with Gasteiger partial charge in [0.2, 0.25) is 0 Å². The molecule has 5 nitrogen and oxygen atoms in total. The van der Waals surface area contributed by atoms with Gasteiger partial charge in [-0.15, -0.1) is 0 Å². The number of esters is 1. The molecule has 2 aliphatic rings. The van der Waals surface area contributed by atoms with E-state index >= 15 is 0 Å². The van der Waals surface area contributed by atoms with Gasteiger partial charge in [0, 0.05) is 28.7 Å². The first kappa shape index (κ1) is 29.5. The molecule has 1 saturated heterocycles. The second-order valence-electron chi connectivity index (χ2n) is 13.0. The molecule has 0 radical (unpaired) electrons. The topological polar surface area (TPSA) is 54.6 Å². The molecule has 1 aromatic heterocycles. The lowest BCUT2D eigenvalue weighted by Crippen LogP contribution is -2.36. The van der Waals surface area contributed by atoms with Crippen LogP contribution in [-0.4, -0.2) is 42.6 Å². The zero-order chi connectivity index (χ0) is 30.0. The highest BCUT2D eigenvalue weighted by Gasteiger charge is 2.29. The summed E-state index contributed by atoms with van der Waals surface area (Å²) < 4.78 is 11.3. The Morgan fingerprint density at radius 1 is 1.02 bits per heavy atom. The molecule has 1 aliphatic heterocycles. The first-order valence-corrected chi connectivity index (χ1v) is 15.8. The highest BCUT2D eigenvalue weighted by Crippen LogP contribution is 2.43. The van der Waals surface area contributed by atoms with Gasteiger partial charge in [-0.25, -0.2) is 4.79 Å². The van der Waals surface area contributed by atoms with Crippen molar-refractivity contribution in [2.45, 2.75) is 52.4 Å². The molecule has 6 rings (SSSR count). The second kappa shape index (κ2) is 12.6. The highest BCUT2D eigenvalue weighted by atomic mass is 35.5. The van der Waals surface area contributed by atoms with E-state index in [4.69, 9.17) is 21.1 Å². The van der Waals surface area contributed by atoms with E-state index in [-0.39, 0.29) is 0 Å². The number of carbonyl (C=O) groups excluding carboxylic acids is 1. The number of fused-ring (bicyclic) bond motifs is 1. The first-order valence-electron chi connectivity index (χ1n) is 15.4. The maximum absolute atomic E-state index is 12.5. The molecule has 1 fully saturated rings. The van der Waals surface area contributed by atoms with Crippen LogP contribution in [0.2, 0.25) is 5.02 Å². The van der Waals surface area contributed by atoms with Crippen LogP contribution in [0, 0.1) is 11.3 Å². The Hall–Kier alpha value is -3.54. The van der Waals surface area contributed by atoms with E-state index in [2.05, 4.69) is 35.9 Å². The number of rotatable bonds is 8. The van der Waals surface area contributed by atoms with Crippen LogP contribution >= 0.6 is 11.6 Å². The van der Waals surface area contributed by atoms with E-state index in [1.165, 1.54) is 30.2 Å². The molecule has 0 spiro atoms. The maximum atomic E-state index is 12.5. The summed E-state index contributed by atoms with van der Waals surface area (Å²) in [6.45, 7) is 8.04.